The number of carbonyl (C=O) groups excluding carboxylic acids is 1. The van der Waals surface area contributed by atoms with Crippen LogP contribution in [0.1, 0.15) is 53.1 Å². The van der Waals surface area contributed by atoms with Crippen molar-refractivity contribution in [3.63, 3.8) is 0 Å². The van der Waals surface area contributed by atoms with Crippen LogP contribution in [-0.4, -0.2) is 70.4 Å². The Morgan fingerprint density at radius 3 is 2.69 bits per heavy atom. The number of hydrogen-bond donors (Lipinski definition) is 3. The summed E-state index contributed by atoms with van der Waals surface area (Å²) in [6, 6.07) is 15.9. The van der Waals surface area contributed by atoms with Gasteiger partial charge in [-0.15, -0.1) is 5.10 Å². The van der Waals surface area contributed by atoms with E-state index < -0.39 is 11.9 Å². The summed E-state index contributed by atoms with van der Waals surface area (Å²) in [4.78, 5) is 39.4. The summed E-state index contributed by atoms with van der Waals surface area (Å²) in [6.07, 6.45) is 8.92. The summed E-state index contributed by atoms with van der Waals surface area (Å²) in [5, 5.41) is 12.0. The van der Waals surface area contributed by atoms with Crippen molar-refractivity contribution in [3.8, 4) is 17.5 Å². The highest BCUT2D eigenvalue weighted by atomic mass is 16.2. The molecule has 0 bridgehead atoms. The summed E-state index contributed by atoms with van der Waals surface area (Å²) in [7, 11) is 0. The van der Waals surface area contributed by atoms with E-state index in [1.807, 2.05) is 53.3 Å². The lowest BCUT2D eigenvalue weighted by Crippen LogP contribution is -2.40. The van der Waals surface area contributed by atoms with Gasteiger partial charge in [-0.3, -0.25) is 18.8 Å². The lowest BCUT2D eigenvalue weighted by molar-refractivity contribution is 0.0940. The van der Waals surface area contributed by atoms with E-state index in [2.05, 4.69) is 37.2 Å². The summed E-state index contributed by atoms with van der Waals surface area (Å²) < 4.78 is 4.86. The Hall–Kier alpha value is -5.84. The van der Waals surface area contributed by atoms with Crippen LogP contribution >= 0.6 is 0 Å². The quantitative estimate of drug-likeness (QED) is 0.222. The van der Waals surface area contributed by atoms with Gasteiger partial charge in [-0.05, 0) is 63.2 Å². The number of nitrogens with two attached hydrogens (primary N) is 2. The number of aromatic nitrogens is 7. The fraction of sp³-hybridized carbons (Fsp3) is 0.257. The van der Waals surface area contributed by atoms with Crippen LogP contribution in [0.4, 0.5) is 5.82 Å². The first-order chi connectivity index (χ1) is 23.4. The van der Waals surface area contributed by atoms with E-state index in [1.54, 1.807) is 37.6 Å². The van der Waals surface area contributed by atoms with Crippen LogP contribution < -0.4 is 22.3 Å². The van der Waals surface area contributed by atoms with Crippen LogP contribution in [0.25, 0.3) is 22.2 Å². The molecule has 13 heteroatoms. The van der Waals surface area contributed by atoms with E-state index in [4.69, 9.17) is 16.5 Å². The molecule has 13 nitrogen and oxygen atoms in total. The first-order valence-corrected chi connectivity index (χ1v) is 15.9. The fourth-order valence-corrected chi connectivity index (χ4v) is 6.03. The lowest BCUT2D eigenvalue weighted by Gasteiger charge is -2.29. The molecule has 1 aliphatic heterocycles. The van der Waals surface area contributed by atoms with Gasteiger partial charge in [-0.2, -0.15) is 5.10 Å². The zero-order valence-electron chi connectivity index (χ0n) is 26.5. The lowest BCUT2D eigenvalue weighted by atomic mass is 10.1. The normalized spacial score (nSPS) is 14.5. The number of fused-ring (bicyclic) bond motifs is 2. The third kappa shape index (κ3) is 6.14. The average Bonchev–Trinajstić information content (AvgIpc) is 3.70. The van der Waals surface area contributed by atoms with Crippen molar-refractivity contribution >= 4 is 28.3 Å². The standard InChI is InChI=1S/C35H35N11O2/c1-23(40-34(47)30-31(37)42-45-16-6-15-38-33(30)45)32-41-28-10-5-7-25(29(28)35(48)46(32)27-8-3-2-4-9-27)12-11-24-21-39-44(22-24)20-19-43-17-13-26(36)14-18-43/h2-10,15-16,21-23,26H,13-14,17-20,36H2,1H3,(H2,37,42)(H,40,47)/t23-/m0/s1. The Kier molecular flexibility index (Phi) is 8.41. The maximum atomic E-state index is 14.4. The number of nitrogen functional groups attached to an aromatic ring is 1. The zero-order valence-corrected chi connectivity index (χ0v) is 26.5. The van der Waals surface area contributed by atoms with Crippen molar-refractivity contribution in [2.24, 2.45) is 5.73 Å². The molecule has 2 aromatic carbocycles. The van der Waals surface area contributed by atoms with Crippen molar-refractivity contribution in [2.45, 2.75) is 38.4 Å². The van der Waals surface area contributed by atoms with Crippen LogP contribution in [0.3, 0.4) is 0 Å². The molecule has 5 N–H and O–H groups in total. The fourth-order valence-electron chi connectivity index (χ4n) is 6.03. The van der Waals surface area contributed by atoms with Gasteiger partial charge in [0.1, 0.15) is 11.4 Å². The molecule has 5 heterocycles. The predicted octanol–water partition coefficient (Wildman–Crippen LogP) is 2.52. The number of benzene rings is 2. The van der Waals surface area contributed by atoms with Crippen molar-refractivity contribution in [1.82, 2.24) is 44.1 Å². The Morgan fingerprint density at radius 2 is 1.88 bits per heavy atom. The summed E-state index contributed by atoms with van der Waals surface area (Å²) >= 11 is 0. The van der Waals surface area contributed by atoms with Gasteiger partial charge in [0.2, 0.25) is 0 Å². The minimum absolute atomic E-state index is 0.0475. The number of para-hydroxylation sites is 1. The number of carbonyl (C=O) groups is 1. The monoisotopic (exact) mass is 641 g/mol. The molecule has 1 amide bonds. The molecule has 48 heavy (non-hydrogen) atoms. The van der Waals surface area contributed by atoms with Crippen LogP contribution in [0.15, 0.2) is 84.2 Å². The van der Waals surface area contributed by atoms with E-state index >= 15 is 0 Å². The zero-order chi connectivity index (χ0) is 33.2. The highest BCUT2D eigenvalue weighted by molar-refractivity contribution is 6.04. The van der Waals surface area contributed by atoms with Crippen molar-refractivity contribution in [1.29, 1.82) is 0 Å². The molecule has 0 aliphatic carbocycles. The van der Waals surface area contributed by atoms with E-state index in [9.17, 15) is 9.59 Å². The predicted molar refractivity (Wildman–Crippen MR) is 182 cm³/mol. The number of anilines is 1. The Labute approximate surface area is 276 Å². The molecule has 1 fully saturated rings. The molecule has 4 aromatic heterocycles. The van der Waals surface area contributed by atoms with E-state index in [0.29, 0.717) is 39.7 Å². The van der Waals surface area contributed by atoms with Crippen LogP contribution in [0, 0.1) is 11.8 Å². The van der Waals surface area contributed by atoms with Crippen LogP contribution in [0.2, 0.25) is 0 Å². The first kappa shape index (κ1) is 30.8. The summed E-state index contributed by atoms with van der Waals surface area (Å²) in [5.74, 6) is 6.28. The number of rotatable bonds is 7. The highest BCUT2D eigenvalue weighted by Crippen LogP contribution is 2.22. The number of hydrogen-bond acceptors (Lipinski definition) is 9. The minimum atomic E-state index is -0.699. The molecule has 0 spiro atoms. The molecular formula is C35H35N11O2. The number of amides is 1. The van der Waals surface area contributed by atoms with Gasteiger partial charge in [0, 0.05) is 36.7 Å². The SMILES string of the molecule is C[C@H](NC(=O)c1c(N)nn2cccnc12)c1nc2cccc(C#Cc3cnn(CCN4CCC(N)CC4)c3)c2c(=O)n1-c1ccccc1. The maximum absolute atomic E-state index is 14.4. The highest BCUT2D eigenvalue weighted by Gasteiger charge is 2.25. The van der Waals surface area contributed by atoms with Crippen LogP contribution in [0.5, 0.6) is 0 Å². The number of nitrogens with one attached hydrogen (secondary N) is 1. The molecule has 0 radical (unpaired) electrons. The topological polar surface area (TPSA) is 167 Å². The molecule has 242 valence electrons. The molecule has 0 unspecified atom stereocenters. The second-order valence-corrected chi connectivity index (χ2v) is 11.9. The van der Waals surface area contributed by atoms with Gasteiger partial charge in [0.25, 0.3) is 11.5 Å². The van der Waals surface area contributed by atoms with Crippen molar-refractivity contribution in [3.05, 3.63) is 112 Å². The van der Waals surface area contributed by atoms with E-state index in [-0.39, 0.29) is 16.9 Å². The van der Waals surface area contributed by atoms with Crippen molar-refractivity contribution in [2.75, 3.05) is 25.4 Å². The second kappa shape index (κ2) is 13.1. The average molecular weight is 642 g/mol. The second-order valence-electron chi connectivity index (χ2n) is 11.9. The van der Waals surface area contributed by atoms with Crippen molar-refractivity contribution < 1.29 is 4.79 Å². The molecule has 0 saturated carbocycles. The Balaban J connectivity index is 1.20. The smallest absolute Gasteiger partial charge is 0.267 e. The minimum Gasteiger partial charge on any atom is -0.381 e. The largest absolute Gasteiger partial charge is 0.381 e. The Morgan fingerprint density at radius 1 is 1.06 bits per heavy atom. The number of nitrogens with zero attached hydrogens (tertiary/aromatic N) is 8. The third-order valence-corrected chi connectivity index (χ3v) is 8.57. The molecular weight excluding hydrogens is 606 g/mol. The molecule has 1 atom stereocenters. The molecule has 7 rings (SSSR count). The Bertz CT molecular complexity index is 2240. The van der Waals surface area contributed by atoms with Gasteiger partial charge in [-0.1, -0.05) is 36.1 Å². The number of likely N-dealkylation sites (tertiary alicyclic amines) is 1. The van der Waals surface area contributed by atoms with E-state index in [0.717, 1.165) is 44.6 Å². The van der Waals surface area contributed by atoms with Gasteiger partial charge in [0.05, 0.1) is 40.9 Å². The third-order valence-electron chi connectivity index (χ3n) is 8.57. The molecule has 1 aliphatic rings. The summed E-state index contributed by atoms with van der Waals surface area (Å²) in [6.45, 7) is 5.44. The van der Waals surface area contributed by atoms with Gasteiger partial charge in [0.15, 0.2) is 11.5 Å². The summed E-state index contributed by atoms with van der Waals surface area (Å²) in [5.41, 5.74) is 14.7. The maximum Gasteiger partial charge on any atom is 0.267 e. The van der Waals surface area contributed by atoms with Gasteiger partial charge < -0.3 is 21.7 Å². The number of piperidine rings is 1. The molecule has 1 saturated heterocycles. The first-order valence-electron chi connectivity index (χ1n) is 15.9. The van der Waals surface area contributed by atoms with E-state index in [1.165, 1.54) is 9.08 Å². The molecule has 6 aromatic rings. The van der Waals surface area contributed by atoms with Gasteiger partial charge >= 0.3 is 0 Å². The van der Waals surface area contributed by atoms with Gasteiger partial charge in [-0.25, -0.2) is 14.5 Å². The van der Waals surface area contributed by atoms with Crippen LogP contribution in [-0.2, 0) is 6.54 Å².